The molecule has 0 bridgehead atoms. The summed E-state index contributed by atoms with van der Waals surface area (Å²) in [6, 6.07) is 14.6. The predicted octanol–water partition coefficient (Wildman–Crippen LogP) is 0.558. The molecular weight excluding hydrogens is 422 g/mol. The number of hydrogen-bond acceptors (Lipinski definition) is 4. The molecule has 2 aliphatic heterocycles. The number of rotatable bonds is 3. The third-order valence-electron chi connectivity index (χ3n) is 5.58. The molecule has 7 heteroatoms. The average Bonchev–Trinajstić information content (AvgIpc) is 2.82. The van der Waals surface area contributed by atoms with Gasteiger partial charge in [0.25, 0.3) is 17.2 Å². The Morgan fingerprint density at radius 3 is 2.57 bits per heavy atom. The number of nitro benzene ring substituents is 1. The van der Waals surface area contributed by atoms with Gasteiger partial charge in [-0.3, -0.25) is 10.1 Å². The van der Waals surface area contributed by atoms with Crippen LogP contribution in [0.5, 0.6) is 0 Å². The summed E-state index contributed by atoms with van der Waals surface area (Å²) in [5.74, 6) is 1.14. The van der Waals surface area contributed by atoms with Crippen LogP contribution in [0.15, 0.2) is 48.5 Å². The van der Waals surface area contributed by atoms with Gasteiger partial charge in [0.15, 0.2) is 6.54 Å². The average molecular weight is 446 g/mol. The molecule has 2 aromatic carbocycles. The number of benzene rings is 2. The van der Waals surface area contributed by atoms with Crippen molar-refractivity contribution < 1.29 is 31.6 Å². The number of hydrogen-bond donors (Lipinski definition) is 1. The lowest BCUT2D eigenvalue weighted by Crippen LogP contribution is -3.00. The molecule has 1 atom stereocenters. The Balaban J connectivity index is 0.00000225. The molecule has 0 saturated carbocycles. The van der Waals surface area contributed by atoms with Crippen molar-refractivity contribution in [3.63, 3.8) is 0 Å². The van der Waals surface area contributed by atoms with Crippen LogP contribution < -0.4 is 21.9 Å². The van der Waals surface area contributed by atoms with Gasteiger partial charge in [0.05, 0.1) is 11.5 Å². The summed E-state index contributed by atoms with van der Waals surface area (Å²) in [7, 11) is 0. The van der Waals surface area contributed by atoms with Gasteiger partial charge in [0.2, 0.25) is 0 Å². The summed E-state index contributed by atoms with van der Waals surface area (Å²) in [4.78, 5) is 12.8. The monoisotopic (exact) mass is 445 g/mol. The van der Waals surface area contributed by atoms with Crippen LogP contribution in [0.1, 0.15) is 36.8 Å². The lowest BCUT2D eigenvalue weighted by molar-refractivity contribution is -0.658. The van der Waals surface area contributed by atoms with Gasteiger partial charge in [-0.05, 0) is 56.0 Å². The Hall–Kier alpha value is -2.25. The van der Waals surface area contributed by atoms with Crippen LogP contribution in [0.2, 0.25) is 0 Å². The van der Waals surface area contributed by atoms with E-state index in [1.54, 1.807) is 12.1 Å². The molecule has 1 unspecified atom stereocenters. The first-order valence-electron chi connectivity index (χ1n) is 9.44. The molecule has 2 aromatic rings. The van der Waals surface area contributed by atoms with Crippen molar-refractivity contribution >= 4 is 17.2 Å². The minimum atomic E-state index is -1.18. The second-order valence-electron chi connectivity index (χ2n) is 7.42. The van der Waals surface area contributed by atoms with Gasteiger partial charge in [-0.15, -0.1) is 0 Å². The van der Waals surface area contributed by atoms with Crippen molar-refractivity contribution in [3.05, 3.63) is 69.8 Å². The Morgan fingerprint density at radius 1 is 1.14 bits per heavy atom. The third-order valence-corrected chi connectivity index (χ3v) is 5.58. The fraction of sp³-hybridized carbons (Fsp3) is 0.381. The molecule has 28 heavy (non-hydrogen) atoms. The number of aliphatic hydroxyl groups is 1. The van der Waals surface area contributed by atoms with Crippen LogP contribution in [0.25, 0.3) is 0 Å². The predicted molar refractivity (Wildman–Crippen MR) is 104 cm³/mol. The maximum Gasteiger partial charge on any atom is 0.271 e. The fourth-order valence-corrected chi connectivity index (χ4v) is 4.20. The second kappa shape index (κ2) is 8.01. The van der Waals surface area contributed by atoms with Crippen molar-refractivity contribution in [1.82, 2.24) is 0 Å². The molecule has 0 spiro atoms. The van der Waals surface area contributed by atoms with Gasteiger partial charge < -0.3 is 22.1 Å². The molecule has 2 aliphatic rings. The van der Waals surface area contributed by atoms with Gasteiger partial charge in [-0.2, -0.15) is 0 Å². The van der Waals surface area contributed by atoms with Crippen LogP contribution in [0, 0.1) is 17.0 Å². The number of nitro groups is 1. The molecule has 1 N–H and O–H groups in total. The van der Waals surface area contributed by atoms with Crippen LogP contribution in [0.4, 0.5) is 11.4 Å². The molecule has 4 rings (SSSR count). The highest BCUT2D eigenvalue weighted by Gasteiger charge is 2.52. The van der Waals surface area contributed by atoms with Gasteiger partial charge in [-0.1, -0.05) is 12.1 Å². The first-order valence-corrected chi connectivity index (χ1v) is 9.44. The van der Waals surface area contributed by atoms with Gasteiger partial charge >= 0.3 is 0 Å². The maximum atomic E-state index is 11.7. The summed E-state index contributed by atoms with van der Waals surface area (Å²) >= 11 is 0. The Labute approximate surface area is 175 Å². The van der Waals surface area contributed by atoms with E-state index in [-0.39, 0.29) is 22.7 Å². The van der Waals surface area contributed by atoms with E-state index in [1.165, 1.54) is 17.7 Å². The van der Waals surface area contributed by atoms with Gasteiger partial charge in [0, 0.05) is 24.1 Å². The van der Waals surface area contributed by atoms with Crippen molar-refractivity contribution in [2.24, 2.45) is 0 Å². The molecule has 0 aliphatic carbocycles. The number of aryl methyl sites for hydroxylation is 1. The van der Waals surface area contributed by atoms with E-state index in [2.05, 4.69) is 34.6 Å². The van der Waals surface area contributed by atoms with E-state index < -0.39 is 10.6 Å². The number of non-ortho nitro benzene ring substituents is 1. The minimum Gasteiger partial charge on any atom is -1.00 e. The molecule has 0 saturated heterocycles. The molecular formula is C21H24BrN3O3. The Morgan fingerprint density at radius 2 is 1.89 bits per heavy atom. The fourth-order valence-electron chi connectivity index (χ4n) is 4.20. The van der Waals surface area contributed by atoms with Gasteiger partial charge in [0.1, 0.15) is 5.69 Å². The maximum absolute atomic E-state index is 11.7. The highest BCUT2D eigenvalue weighted by Crippen LogP contribution is 2.36. The molecule has 6 nitrogen and oxygen atoms in total. The minimum absolute atomic E-state index is 0. The van der Waals surface area contributed by atoms with E-state index in [0.29, 0.717) is 12.1 Å². The van der Waals surface area contributed by atoms with Crippen molar-refractivity contribution in [1.29, 1.82) is 0 Å². The number of nitrogens with zero attached hydrogens (tertiary/aromatic N) is 3. The quantitative estimate of drug-likeness (QED) is 0.425. The Bertz CT molecular complexity index is 913. The lowest BCUT2D eigenvalue weighted by Gasteiger charge is -2.23. The Kier molecular flexibility index (Phi) is 5.86. The summed E-state index contributed by atoms with van der Waals surface area (Å²) in [5.41, 5.74) is 1.81. The summed E-state index contributed by atoms with van der Waals surface area (Å²) in [5, 5.41) is 22.7. The van der Waals surface area contributed by atoms with E-state index in [0.717, 1.165) is 43.8 Å². The van der Waals surface area contributed by atoms with Crippen molar-refractivity contribution in [3.8, 4) is 0 Å². The number of halogens is 1. The highest BCUT2D eigenvalue weighted by atomic mass is 79.9. The molecule has 0 aromatic heterocycles. The molecule has 148 valence electrons. The van der Waals surface area contributed by atoms with Gasteiger partial charge in [-0.25, -0.2) is 9.48 Å². The van der Waals surface area contributed by atoms with E-state index in [4.69, 9.17) is 0 Å². The van der Waals surface area contributed by atoms with Crippen molar-refractivity contribution in [2.45, 2.75) is 38.3 Å². The van der Waals surface area contributed by atoms with Crippen LogP contribution in [-0.4, -0.2) is 33.5 Å². The topological polar surface area (TPSA) is 69.6 Å². The molecule has 0 radical (unpaired) electrons. The van der Waals surface area contributed by atoms with Crippen LogP contribution in [0.3, 0.4) is 0 Å². The summed E-state index contributed by atoms with van der Waals surface area (Å²) in [6.45, 7) is 3.27. The zero-order chi connectivity index (χ0) is 19.0. The first-order chi connectivity index (χ1) is 13.0. The second-order valence-corrected chi connectivity index (χ2v) is 7.42. The third kappa shape index (κ3) is 3.56. The SMILES string of the molecule is Cc1cccc(N2CC(O)(c3ccc([N+](=O)[O-])cc3)[N+]3=C2CCCCC3)c1.[Br-]. The summed E-state index contributed by atoms with van der Waals surface area (Å²) in [6.07, 6.45) is 4.19. The molecule has 0 amide bonds. The summed E-state index contributed by atoms with van der Waals surface area (Å²) < 4.78 is 2.10. The number of β-amino-alcohol motifs (C(OH)–C–C–N with tert-alkyl or cyclic N) is 1. The van der Waals surface area contributed by atoms with E-state index in [1.807, 2.05) is 6.07 Å². The zero-order valence-electron chi connectivity index (χ0n) is 15.8. The van der Waals surface area contributed by atoms with E-state index >= 15 is 0 Å². The lowest BCUT2D eigenvalue weighted by atomic mass is 10.0. The normalized spacial score (nSPS) is 21.7. The largest absolute Gasteiger partial charge is 1.00 e. The first kappa shape index (κ1) is 20.5. The zero-order valence-corrected chi connectivity index (χ0v) is 17.4. The highest BCUT2D eigenvalue weighted by molar-refractivity contribution is 5.96. The molecule has 0 fully saturated rings. The smallest absolute Gasteiger partial charge is 0.271 e. The van der Waals surface area contributed by atoms with Crippen LogP contribution in [-0.2, 0) is 5.72 Å². The number of anilines is 1. The van der Waals surface area contributed by atoms with E-state index in [9.17, 15) is 15.2 Å². The number of amidine groups is 1. The standard InChI is InChI=1S/C21H24N3O3.BrH/c1-16-6-5-7-19(14-16)22-15-21(25,23-13-4-2-3-8-20(22)23)17-9-11-18(12-10-17)24(26)27;/h5-7,9-12,14,25H,2-4,8,13,15H2,1H3;1H/q+1;/p-1. The molecule has 2 heterocycles. The van der Waals surface area contributed by atoms with Crippen LogP contribution >= 0.6 is 0 Å². The van der Waals surface area contributed by atoms with Crippen molar-refractivity contribution in [2.75, 3.05) is 18.0 Å².